The molecule has 0 bridgehead atoms. The first kappa shape index (κ1) is 12.4. The molecule has 4 heteroatoms. The van der Waals surface area contributed by atoms with Gasteiger partial charge in [-0.2, -0.15) is 0 Å². The molecule has 4 nitrogen and oxygen atoms in total. The van der Waals surface area contributed by atoms with Crippen LogP contribution in [0.4, 0.5) is 0 Å². The third kappa shape index (κ3) is 5.60. The van der Waals surface area contributed by atoms with Crippen LogP contribution in [0, 0.1) is 0 Å². The molecule has 0 aliphatic rings. The van der Waals surface area contributed by atoms with Crippen molar-refractivity contribution in [1.82, 2.24) is 4.90 Å². The Kier molecular flexibility index (Phi) is 7.63. The van der Waals surface area contributed by atoms with E-state index in [4.69, 9.17) is 9.47 Å². The first-order valence-electron chi connectivity index (χ1n) is 4.60. The number of methoxy groups -OCH3 is 1. The normalized spacial score (nSPS) is 10.1. The molecule has 0 atom stereocenters. The van der Waals surface area contributed by atoms with Crippen molar-refractivity contribution in [3.05, 3.63) is 0 Å². The first-order valence-corrected chi connectivity index (χ1v) is 4.60. The molecule has 0 radical (unpaired) electrons. The van der Waals surface area contributed by atoms with Crippen molar-refractivity contribution >= 4 is 5.91 Å². The van der Waals surface area contributed by atoms with E-state index in [-0.39, 0.29) is 12.5 Å². The molecule has 0 aliphatic heterocycles. The van der Waals surface area contributed by atoms with Crippen LogP contribution < -0.4 is 0 Å². The number of rotatable bonds is 7. The fraction of sp³-hybridized carbons (Fsp3) is 0.889. The van der Waals surface area contributed by atoms with Gasteiger partial charge < -0.3 is 14.4 Å². The van der Waals surface area contributed by atoms with Crippen LogP contribution >= 0.6 is 0 Å². The summed E-state index contributed by atoms with van der Waals surface area (Å²) in [6.07, 6.45) is 0. The predicted octanol–water partition coefficient (Wildman–Crippen LogP) is 0.518. The highest BCUT2D eigenvalue weighted by Crippen LogP contribution is 1.90. The van der Waals surface area contributed by atoms with E-state index in [2.05, 4.69) is 0 Å². The van der Waals surface area contributed by atoms with E-state index < -0.39 is 0 Å². The molecule has 13 heavy (non-hydrogen) atoms. The Labute approximate surface area is 79.8 Å². The number of carbonyl (C=O) groups excluding carboxylic acids is 1. The summed E-state index contributed by atoms with van der Waals surface area (Å²) in [5, 5.41) is 0. The highest BCUT2D eigenvalue weighted by molar-refractivity contribution is 5.77. The summed E-state index contributed by atoms with van der Waals surface area (Å²) < 4.78 is 9.92. The predicted molar refractivity (Wildman–Crippen MR) is 50.6 cm³/mol. The topological polar surface area (TPSA) is 38.8 Å². The summed E-state index contributed by atoms with van der Waals surface area (Å²) in [5.41, 5.74) is 0. The van der Waals surface area contributed by atoms with Gasteiger partial charge in [0.25, 0.3) is 0 Å². The van der Waals surface area contributed by atoms with E-state index in [0.717, 1.165) is 0 Å². The number of amides is 1. The van der Waals surface area contributed by atoms with E-state index in [1.54, 1.807) is 4.90 Å². The quantitative estimate of drug-likeness (QED) is 0.548. The number of ether oxygens (including phenoxy) is 2. The van der Waals surface area contributed by atoms with Crippen LogP contribution in [0.15, 0.2) is 0 Å². The van der Waals surface area contributed by atoms with Crippen LogP contribution in [-0.2, 0) is 14.3 Å². The third-order valence-electron chi connectivity index (χ3n) is 1.71. The second-order valence-electron chi connectivity index (χ2n) is 2.60. The fourth-order valence-electron chi connectivity index (χ4n) is 0.993. The maximum atomic E-state index is 11.3. The zero-order valence-corrected chi connectivity index (χ0v) is 8.71. The average Bonchev–Trinajstić information content (AvgIpc) is 2.13. The minimum Gasteiger partial charge on any atom is -0.380 e. The van der Waals surface area contributed by atoms with Crippen molar-refractivity contribution in [2.45, 2.75) is 13.8 Å². The standard InChI is InChI=1S/C9H19NO3/c1-4-10(6-7-13-5-2)9(11)8-12-3/h4-8H2,1-3H3. The van der Waals surface area contributed by atoms with Crippen LogP contribution in [0.2, 0.25) is 0 Å². The van der Waals surface area contributed by atoms with Crippen LogP contribution in [0.5, 0.6) is 0 Å². The average molecular weight is 189 g/mol. The second-order valence-corrected chi connectivity index (χ2v) is 2.60. The number of nitrogens with zero attached hydrogens (tertiary/aromatic N) is 1. The van der Waals surface area contributed by atoms with Gasteiger partial charge in [0.2, 0.25) is 5.91 Å². The summed E-state index contributed by atoms with van der Waals surface area (Å²) >= 11 is 0. The molecule has 0 unspecified atom stereocenters. The Morgan fingerprint density at radius 2 is 2.08 bits per heavy atom. The van der Waals surface area contributed by atoms with Gasteiger partial charge in [-0.15, -0.1) is 0 Å². The van der Waals surface area contributed by atoms with Crippen LogP contribution in [-0.4, -0.2) is 50.8 Å². The highest BCUT2D eigenvalue weighted by atomic mass is 16.5. The van der Waals surface area contributed by atoms with Crippen molar-refractivity contribution in [2.24, 2.45) is 0 Å². The zero-order valence-electron chi connectivity index (χ0n) is 8.71. The molecule has 0 fully saturated rings. The van der Waals surface area contributed by atoms with Gasteiger partial charge in [0, 0.05) is 26.8 Å². The summed E-state index contributed by atoms with van der Waals surface area (Å²) in [7, 11) is 1.52. The zero-order chi connectivity index (χ0) is 10.1. The lowest BCUT2D eigenvalue weighted by molar-refractivity contribution is -0.135. The van der Waals surface area contributed by atoms with Crippen LogP contribution in [0.1, 0.15) is 13.8 Å². The highest BCUT2D eigenvalue weighted by Gasteiger charge is 2.09. The Morgan fingerprint density at radius 3 is 2.54 bits per heavy atom. The first-order chi connectivity index (χ1) is 6.26. The Bertz CT molecular complexity index is 139. The summed E-state index contributed by atoms with van der Waals surface area (Å²) in [6, 6.07) is 0. The summed E-state index contributed by atoms with van der Waals surface area (Å²) in [5.74, 6) is 0.0182. The molecule has 0 rings (SSSR count). The minimum atomic E-state index is 0.0182. The molecule has 0 N–H and O–H groups in total. The largest absolute Gasteiger partial charge is 0.380 e. The van der Waals surface area contributed by atoms with E-state index in [1.807, 2.05) is 13.8 Å². The molecule has 1 amide bonds. The molecule has 0 aromatic carbocycles. The molecular formula is C9H19NO3. The van der Waals surface area contributed by atoms with E-state index in [9.17, 15) is 4.79 Å². The number of hydrogen-bond acceptors (Lipinski definition) is 3. The van der Waals surface area contributed by atoms with Crippen LogP contribution in [0.3, 0.4) is 0 Å². The lowest BCUT2D eigenvalue weighted by atomic mass is 10.4. The van der Waals surface area contributed by atoms with Crippen molar-refractivity contribution in [3.63, 3.8) is 0 Å². The van der Waals surface area contributed by atoms with Crippen molar-refractivity contribution < 1.29 is 14.3 Å². The summed E-state index contributed by atoms with van der Waals surface area (Å²) in [4.78, 5) is 13.0. The van der Waals surface area contributed by atoms with Gasteiger partial charge in [0.15, 0.2) is 0 Å². The van der Waals surface area contributed by atoms with Gasteiger partial charge in [0.05, 0.1) is 6.61 Å². The van der Waals surface area contributed by atoms with Crippen LogP contribution in [0.25, 0.3) is 0 Å². The van der Waals surface area contributed by atoms with Crippen molar-refractivity contribution in [2.75, 3.05) is 40.0 Å². The molecular weight excluding hydrogens is 170 g/mol. The van der Waals surface area contributed by atoms with Gasteiger partial charge in [-0.3, -0.25) is 4.79 Å². The van der Waals surface area contributed by atoms with Gasteiger partial charge >= 0.3 is 0 Å². The monoisotopic (exact) mass is 189 g/mol. The maximum Gasteiger partial charge on any atom is 0.248 e. The third-order valence-corrected chi connectivity index (χ3v) is 1.71. The Hall–Kier alpha value is -0.610. The maximum absolute atomic E-state index is 11.3. The van der Waals surface area contributed by atoms with Gasteiger partial charge in [-0.1, -0.05) is 0 Å². The molecule has 0 aliphatic carbocycles. The molecule has 0 saturated heterocycles. The molecule has 0 aromatic heterocycles. The molecule has 0 heterocycles. The second kappa shape index (κ2) is 8.01. The van der Waals surface area contributed by atoms with Gasteiger partial charge in [-0.05, 0) is 13.8 Å². The number of hydrogen-bond donors (Lipinski definition) is 0. The smallest absolute Gasteiger partial charge is 0.248 e. The van der Waals surface area contributed by atoms with E-state index in [1.165, 1.54) is 7.11 Å². The molecule has 0 saturated carbocycles. The Balaban J connectivity index is 3.67. The molecule has 0 spiro atoms. The van der Waals surface area contributed by atoms with E-state index >= 15 is 0 Å². The number of likely N-dealkylation sites (N-methyl/N-ethyl adjacent to an activating group) is 1. The lowest BCUT2D eigenvalue weighted by Crippen LogP contribution is -2.36. The summed E-state index contributed by atoms with van der Waals surface area (Å²) in [6.45, 7) is 6.67. The minimum absolute atomic E-state index is 0.0182. The number of carbonyl (C=O) groups is 1. The Morgan fingerprint density at radius 1 is 1.38 bits per heavy atom. The molecule has 0 aromatic rings. The van der Waals surface area contributed by atoms with Gasteiger partial charge in [0.1, 0.15) is 6.61 Å². The fourth-order valence-corrected chi connectivity index (χ4v) is 0.993. The molecule has 78 valence electrons. The van der Waals surface area contributed by atoms with E-state index in [0.29, 0.717) is 26.3 Å². The van der Waals surface area contributed by atoms with Gasteiger partial charge in [-0.25, -0.2) is 0 Å². The lowest BCUT2D eigenvalue weighted by Gasteiger charge is -2.19. The van der Waals surface area contributed by atoms with Crippen molar-refractivity contribution in [1.29, 1.82) is 0 Å². The van der Waals surface area contributed by atoms with Crippen molar-refractivity contribution in [3.8, 4) is 0 Å². The SMILES string of the molecule is CCOCCN(CC)C(=O)COC.